The van der Waals surface area contributed by atoms with Crippen LogP contribution in [-0.4, -0.2) is 0 Å². The molecule has 0 atom stereocenters. The van der Waals surface area contributed by atoms with Crippen molar-refractivity contribution in [3.63, 3.8) is 0 Å². The summed E-state index contributed by atoms with van der Waals surface area (Å²) in [7, 11) is 0. The lowest BCUT2D eigenvalue weighted by atomic mass is 9.83. The van der Waals surface area contributed by atoms with Crippen molar-refractivity contribution in [1.29, 1.82) is 0 Å². The first-order valence-electron chi connectivity index (χ1n) is 11.8. The first kappa shape index (κ1) is 25.6. The van der Waals surface area contributed by atoms with Crippen LogP contribution in [0.4, 0.5) is 35.1 Å². The predicted molar refractivity (Wildman–Crippen MR) is 133 cm³/mol. The van der Waals surface area contributed by atoms with Crippen LogP contribution < -0.4 is 0 Å². The van der Waals surface area contributed by atoms with Gasteiger partial charge in [0.25, 0.3) is 0 Å². The van der Waals surface area contributed by atoms with E-state index in [9.17, 15) is 26.3 Å². The zero-order valence-corrected chi connectivity index (χ0v) is 20.0. The van der Waals surface area contributed by atoms with Gasteiger partial charge in [-0.1, -0.05) is 24.3 Å². The minimum Gasteiger partial charge on any atom is -0.456 e. The van der Waals surface area contributed by atoms with Gasteiger partial charge in [0.2, 0.25) is 0 Å². The molecule has 5 aromatic carbocycles. The summed E-state index contributed by atoms with van der Waals surface area (Å²) in [4.78, 5) is 0. The molecular formula is C31H14F8O. The fourth-order valence-corrected chi connectivity index (χ4v) is 5.05. The number of halogens is 8. The molecule has 0 aliphatic heterocycles. The third kappa shape index (κ3) is 4.18. The molecule has 0 fully saturated rings. The molecule has 1 nitrogen and oxygen atoms in total. The lowest BCUT2D eigenvalue weighted by Gasteiger charge is -2.22. The van der Waals surface area contributed by atoms with E-state index in [1.807, 2.05) is 6.07 Å². The van der Waals surface area contributed by atoms with Gasteiger partial charge in [0, 0.05) is 52.1 Å². The fraction of sp³-hybridized carbons (Fsp3) is 0.0323. The van der Waals surface area contributed by atoms with Crippen LogP contribution in [0.15, 0.2) is 83.3 Å². The van der Waals surface area contributed by atoms with Gasteiger partial charge in [0.15, 0.2) is 0 Å². The molecule has 0 spiro atoms. The van der Waals surface area contributed by atoms with Crippen molar-refractivity contribution < 1.29 is 39.5 Å². The Bertz CT molecular complexity index is 1830. The van der Waals surface area contributed by atoms with Gasteiger partial charge < -0.3 is 4.42 Å². The number of rotatable bonds is 4. The largest absolute Gasteiger partial charge is 0.456 e. The number of hydrogen-bond donors (Lipinski definition) is 0. The van der Waals surface area contributed by atoms with Crippen molar-refractivity contribution >= 4 is 21.9 Å². The number of benzene rings is 5. The summed E-state index contributed by atoms with van der Waals surface area (Å²) < 4.78 is 124. The summed E-state index contributed by atoms with van der Waals surface area (Å²) in [5.74, 6) is -13.5. The SMILES string of the molecule is Fc1cc(F)c(C(c2cc(F)c(-c3ccc4c(c3)oc3ccccc34)c(F)c2)c2c(F)cc(F)cc2F)c(F)c1. The van der Waals surface area contributed by atoms with Crippen LogP contribution in [0.3, 0.4) is 0 Å². The maximum atomic E-state index is 15.6. The Balaban J connectivity index is 1.55. The number of para-hydroxylation sites is 1. The second-order valence-electron chi connectivity index (χ2n) is 9.17. The van der Waals surface area contributed by atoms with Crippen molar-refractivity contribution in [3.8, 4) is 11.1 Å². The lowest BCUT2D eigenvalue weighted by Crippen LogP contribution is -2.14. The lowest BCUT2D eigenvalue weighted by molar-refractivity contribution is 0.496. The second kappa shape index (κ2) is 9.51. The Hall–Kier alpha value is -4.66. The standard InChI is InChI=1S/C31H14F8O/c32-16-10-22(36)30(23(37)11-16)29(31-24(38)12-17(33)13-25(31)39)15-7-20(34)28(21(35)8-15)14-5-6-19-18-3-1-2-4-26(18)40-27(19)9-14/h1-13,29H. The quantitative estimate of drug-likeness (QED) is 0.156. The van der Waals surface area contributed by atoms with E-state index in [0.717, 1.165) is 5.39 Å². The van der Waals surface area contributed by atoms with Crippen molar-refractivity contribution in [2.45, 2.75) is 5.92 Å². The van der Waals surface area contributed by atoms with E-state index in [2.05, 4.69) is 0 Å². The summed E-state index contributed by atoms with van der Waals surface area (Å²) in [6.45, 7) is 0. The predicted octanol–water partition coefficient (Wildman–Crippen LogP) is 9.55. The topological polar surface area (TPSA) is 13.1 Å². The van der Waals surface area contributed by atoms with Crippen molar-refractivity contribution in [2.24, 2.45) is 0 Å². The summed E-state index contributed by atoms with van der Waals surface area (Å²) in [6.07, 6.45) is 0. The molecule has 1 heterocycles. The Morgan fingerprint density at radius 1 is 0.475 bits per heavy atom. The average Bonchev–Trinajstić information content (AvgIpc) is 3.24. The number of hydrogen-bond acceptors (Lipinski definition) is 1. The van der Waals surface area contributed by atoms with Crippen LogP contribution in [0.5, 0.6) is 0 Å². The van der Waals surface area contributed by atoms with Crippen LogP contribution in [-0.2, 0) is 0 Å². The highest BCUT2D eigenvalue weighted by molar-refractivity contribution is 6.05. The van der Waals surface area contributed by atoms with Gasteiger partial charge in [-0.15, -0.1) is 0 Å². The minimum atomic E-state index is -2.14. The van der Waals surface area contributed by atoms with Crippen LogP contribution in [0.25, 0.3) is 33.1 Å². The summed E-state index contributed by atoms with van der Waals surface area (Å²) in [5.41, 5.74) is -2.35. The van der Waals surface area contributed by atoms with Gasteiger partial charge in [-0.2, -0.15) is 0 Å². The van der Waals surface area contributed by atoms with E-state index in [1.165, 1.54) is 12.1 Å². The molecule has 0 saturated heterocycles. The molecule has 9 heteroatoms. The highest BCUT2D eigenvalue weighted by atomic mass is 19.2. The van der Waals surface area contributed by atoms with E-state index in [-0.39, 0.29) is 29.8 Å². The number of furan rings is 1. The highest BCUT2D eigenvalue weighted by Crippen LogP contribution is 2.41. The highest BCUT2D eigenvalue weighted by Gasteiger charge is 2.32. The molecule has 6 aromatic rings. The van der Waals surface area contributed by atoms with Crippen molar-refractivity contribution in [1.82, 2.24) is 0 Å². The van der Waals surface area contributed by atoms with Crippen molar-refractivity contribution in [3.05, 3.63) is 142 Å². The Labute approximate surface area is 220 Å². The Kier molecular flexibility index (Phi) is 6.09. The van der Waals surface area contributed by atoms with Gasteiger partial charge in [0.05, 0.1) is 5.56 Å². The van der Waals surface area contributed by atoms with Gasteiger partial charge in [0.1, 0.15) is 57.7 Å². The Morgan fingerprint density at radius 2 is 0.975 bits per heavy atom. The van der Waals surface area contributed by atoms with Gasteiger partial charge in [-0.05, 0) is 41.5 Å². The molecule has 200 valence electrons. The molecule has 6 rings (SSSR count). The summed E-state index contributed by atoms with van der Waals surface area (Å²) >= 11 is 0. The number of fused-ring (bicyclic) bond motifs is 3. The van der Waals surface area contributed by atoms with Gasteiger partial charge in [-0.25, -0.2) is 35.1 Å². The first-order chi connectivity index (χ1) is 19.1. The smallest absolute Gasteiger partial charge is 0.136 e. The van der Waals surface area contributed by atoms with E-state index >= 15 is 8.78 Å². The summed E-state index contributed by atoms with van der Waals surface area (Å²) in [5, 5.41) is 1.48. The van der Waals surface area contributed by atoms with Gasteiger partial charge >= 0.3 is 0 Å². The van der Waals surface area contributed by atoms with Crippen molar-refractivity contribution in [2.75, 3.05) is 0 Å². The molecule has 40 heavy (non-hydrogen) atoms. The molecule has 0 bridgehead atoms. The molecule has 1 aromatic heterocycles. The molecule has 0 N–H and O–H groups in total. The fourth-order valence-electron chi connectivity index (χ4n) is 5.05. The molecule has 0 saturated carbocycles. The van der Waals surface area contributed by atoms with Crippen LogP contribution in [0.1, 0.15) is 22.6 Å². The van der Waals surface area contributed by atoms with E-state index in [1.54, 1.807) is 24.3 Å². The molecule has 0 aliphatic carbocycles. The first-order valence-corrected chi connectivity index (χ1v) is 11.8. The van der Waals surface area contributed by atoms with Crippen LogP contribution in [0.2, 0.25) is 0 Å². The third-order valence-electron chi connectivity index (χ3n) is 6.73. The molecule has 0 aliphatic rings. The maximum Gasteiger partial charge on any atom is 0.136 e. The van der Waals surface area contributed by atoms with Crippen LogP contribution >= 0.6 is 0 Å². The zero-order chi connectivity index (χ0) is 28.3. The second-order valence-corrected chi connectivity index (χ2v) is 9.17. The van der Waals surface area contributed by atoms with E-state index in [4.69, 9.17) is 4.42 Å². The molecular weight excluding hydrogens is 540 g/mol. The molecule has 0 unspecified atom stereocenters. The average molecular weight is 554 g/mol. The summed E-state index contributed by atoms with van der Waals surface area (Å²) in [6, 6.07) is 13.9. The van der Waals surface area contributed by atoms with E-state index < -0.39 is 74.7 Å². The van der Waals surface area contributed by atoms with E-state index in [0.29, 0.717) is 28.7 Å². The maximum absolute atomic E-state index is 15.6. The zero-order valence-electron chi connectivity index (χ0n) is 20.0. The molecule has 0 amide bonds. The van der Waals surface area contributed by atoms with Crippen LogP contribution in [0, 0.1) is 46.5 Å². The Morgan fingerprint density at radius 3 is 1.52 bits per heavy atom. The third-order valence-corrected chi connectivity index (χ3v) is 6.73. The molecule has 0 radical (unpaired) electrons. The van der Waals surface area contributed by atoms with Gasteiger partial charge in [-0.3, -0.25) is 0 Å². The monoisotopic (exact) mass is 554 g/mol. The minimum absolute atomic E-state index is 0.0583. The normalized spacial score (nSPS) is 11.7.